The van der Waals surface area contributed by atoms with Crippen LogP contribution in [0.1, 0.15) is 25.1 Å². The molecule has 0 unspecified atom stereocenters. The Morgan fingerprint density at radius 3 is 2.79 bits per heavy atom. The number of aromatic nitrogens is 1. The second-order valence-corrected chi connectivity index (χ2v) is 5.37. The molecular formula is C18H18ClNO4. The Morgan fingerprint density at radius 2 is 2.12 bits per heavy atom. The van der Waals surface area contributed by atoms with Gasteiger partial charge in [-0.05, 0) is 37.1 Å². The number of halogens is 1. The number of hydrogen-bond acceptors (Lipinski definition) is 4. The number of carbonyl (C=O) groups is 1. The zero-order chi connectivity index (χ0) is 17.5. The van der Waals surface area contributed by atoms with Gasteiger partial charge in [-0.1, -0.05) is 30.7 Å². The van der Waals surface area contributed by atoms with E-state index in [2.05, 4.69) is 4.98 Å². The van der Waals surface area contributed by atoms with Crippen LogP contribution in [0.25, 0.3) is 6.08 Å². The van der Waals surface area contributed by atoms with Crippen molar-refractivity contribution in [3.05, 3.63) is 52.8 Å². The largest absolute Gasteiger partial charge is 0.479 e. The molecular weight excluding hydrogens is 330 g/mol. The summed E-state index contributed by atoms with van der Waals surface area (Å²) in [5.74, 6) is 0.0816. The van der Waals surface area contributed by atoms with E-state index >= 15 is 0 Å². The number of carboxylic acids is 1. The monoisotopic (exact) mass is 347 g/mol. The van der Waals surface area contributed by atoms with Crippen LogP contribution in [0.4, 0.5) is 0 Å². The number of rotatable bonds is 7. The zero-order valence-corrected chi connectivity index (χ0v) is 14.2. The van der Waals surface area contributed by atoms with Gasteiger partial charge in [0.05, 0.1) is 6.20 Å². The van der Waals surface area contributed by atoms with Crippen molar-refractivity contribution in [3.8, 4) is 17.2 Å². The summed E-state index contributed by atoms with van der Waals surface area (Å²) >= 11 is 6.00. The average molecular weight is 348 g/mol. The Kier molecular flexibility index (Phi) is 6.21. The second-order valence-electron chi connectivity index (χ2n) is 4.94. The molecule has 0 saturated heterocycles. The van der Waals surface area contributed by atoms with Gasteiger partial charge in [0.25, 0.3) is 0 Å². The van der Waals surface area contributed by atoms with Crippen LogP contribution in [0.2, 0.25) is 5.02 Å². The lowest BCUT2D eigenvalue weighted by Gasteiger charge is -2.13. The van der Waals surface area contributed by atoms with Crippen molar-refractivity contribution in [2.24, 2.45) is 0 Å². The van der Waals surface area contributed by atoms with E-state index in [1.54, 1.807) is 24.4 Å². The van der Waals surface area contributed by atoms with Gasteiger partial charge in [0.1, 0.15) is 5.75 Å². The van der Waals surface area contributed by atoms with Crippen molar-refractivity contribution >= 4 is 23.6 Å². The SMILES string of the molecule is C/C=C\c1cc(Oc2cc(Cl)ccc2OCC(=O)O)cnc1CC. The molecule has 2 aromatic rings. The van der Waals surface area contributed by atoms with Gasteiger partial charge in [0.2, 0.25) is 0 Å². The van der Waals surface area contributed by atoms with Crippen LogP contribution >= 0.6 is 11.6 Å². The third kappa shape index (κ3) is 4.73. The van der Waals surface area contributed by atoms with Crippen LogP contribution in [0.5, 0.6) is 17.2 Å². The quantitative estimate of drug-likeness (QED) is 0.793. The van der Waals surface area contributed by atoms with Crippen LogP contribution in [0.3, 0.4) is 0 Å². The Labute approximate surface area is 145 Å². The number of aryl methyl sites for hydroxylation is 1. The lowest BCUT2D eigenvalue weighted by atomic mass is 10.1. The van der Waals surface area contributed by atoms with Crippen molar-refractivity contribution in [1.82, 2.24) is 4.98 Å². The minimum Gasteiger partial charge on any atom is -0.479 e. The molecule has 0 aliphatic heterocycles. The molecule has 5 nitrogen and oxygen atoms in total. The lowest BCUT2D eigenvalue weighted by Crippen LogP contribution is -2.09. The molecule has 2 rings (SSSR count). The highest BCUT2D eigenvalue weighted by atomic mass is 35.5. The van der Waals surface area contributed by atoms with Crippen molar-refractivity contribution in [2.45, 2.75) is 20.3 Å². The minimum absolute atomic E-state index is 0.300. The van der Waals surface area contributed by atoms with Gasteiger partial charge in [-0.3, -0.25) is 4.98 Å². The van der Waals surface area contributed by atoms with Crippen molar-refractivity contribution in [3.63, 3.8) is 0 Å². The molecule has 0 saturated carbocycles. The number of ether oxygens (including phenoxy) is 2. The van der Waals surface area contributed by atoms with E-state index in [9.17, 15) is 4.79 Å². The van der Waals surface area contributed by atoms with Gasteiger partial charge in [-0.2, -0.15) is 0 Å². The highest BCUT2D eigenvalue weighted by Crippen LogP contribution is 2.34. The van der Waals surface area contributed by atoms with E-state index in [1.165, 1.54) is 0 Å². The summed E-state index contributed by atoms with van der Waals surface area (Å²) in [6.45, 7) is 3.50. The predicted molar refractivity (Wildman–Crippen MR) is 93.0 cm³/mol. The van der Waals surface area contributed by atoms with Crippen molar-refractivity contribution < 1.29 is 19.4 Å². The van der Waals surface area contributed by atoms with Crippen molar-refractivity contribution in [2.75, 3.05) is 6.61 Å². The molecule has 1 N–H and O–H groups in total. The smallest absolute Gasteiger partial charge is 0.341 e. The number of aliphatic carboxylic acids is 1. The van der Waals surface area contributed by atoms with E-state index in [0.29, 0.717) is 22.3 Å². The van der Waals surface area contributed by atoms with Gasteiger partial charge in [-0.15, -0.1) is 0 Å². The highest BCUT2D eigenvalue weighted by molar-refractivity contribution is 6.30. The molecule has 0 radical (unpaired) electrons. The summed E-state index contributed by atoms with van der Waals surface area (Å²) in [6, 6.07) is 6.62. The number of benzene rings is 1. The Bertz CT molecular complexity index is 759. The molecule has 1 aromatic heterocycles. The van der Waals surface area contributed by atoms with Gasteiger partial charge >= 0.3 is 5.97 Å². The van der Waals surface area contributed by atoms with E-state index < -0.39 is 12.6 Å². The van der Waals surface area contributed by atoms with Gasteiger partial charge in [0.15, 0.2) is 18.1 Å². The molecule has 0 aliphatic rings. The molecule has 0 spiro atoms. The molecule has 0 bridgehead atoms. The summed E-state index contributed by atoms with van der Waals surface area (Å²) in [7, 11) is 0. The standard InChI is InChI=1S/C18H18ClNO4/c1-3-5-12-8-14(10-20-15(12)4-2)24-17-9-13(19)6-7-16(17)23-11-18(21)22/h3,5-10H,4,11H2,1-2H3,(H,21,22)/b5-3-. The Balaban J connectivity index is 2.31. The molecule has 0 fully saturated rings. The van der Waals surface area contributed by atoms with E-state index in [-0.39, 0.29) is 0 Å². The van der Waals surface area contributed by atoms with Crippen LogP contribution in [0.15, 0.2) is 36.5 Å². The summed E-state index contributed by atoms with van der Waals surface area (Å²) in [5, 5.41) is 9.21. The maximum absolute atomic E-state index is 10.7. The normalized spacial score (nSPS) is 10.8. The molecule has 0 aliphatic carbocycles. The maximum atomic E-state index is 10.7. The van der Waals surface area contributed by atoms with Crippen LogP contribution in [0, 0.1) is 0 Å². The topological polar surface area (TPSA) is 68.7 Å². The Morgan fingerprint density at radius 1 is 1.33 bits per heavy atom. The number of hydrogen-bond donors (Lipinski definition) is 1. The maximum Gasteiger partial charge on any atom is 0.341 e. The van der Waals surface area contributed by atoms with Crippen LogP contribution in [-0.4, -0.2) is 22.7 Å². The fourth-order valence-electron chi connectivity index (χ4n) is 2.11. The molecule has 126 valence electrons. The highest BCUT2D eigenvalue weighted by Gasteiger charge is 2.11. The third-order valence-corrected chi connectivity index (χ3v) is 3.38. The minimum atomic E-state index is -1.07. The summed E-state index contributed by atoms with van der Waals surface area (Å²) in [4.78, 5) is 15.1. The molecule has 6 heteroatoms. The first-order valence-electron chi connectivity index (χ1n) is 7.47. The molecule has 1 aromatic carbocycles. The molecule has 24 heavy (non-hydrogen) atoms. The predicted octanol–water partition coefficient (Wildman–Crippen LogP) is 4.59. The fourth-order valence-corrected chi connectivity index (χ4v) is 2.27. The first kappa shape index (κ1) is 17.8. The van der Waals surface area contributed by atoms with E-state index in [1.807, 2.05) is 32.1 Å². The van der Waals surface area contributed by atoms with Crippen LogP contribution in [-0.2, 0) is 11.2 Å². The fraction of sp³-hybridized carbons (Fsp3) is 0.222. The number of pyridine rings is 1. The summed E-state index contributed by atoms with van der Waals surface area (Å²) in [5.41, 5.74) is 1.93. The van der Waals surface area contributed by atoms with Crippen LogP contribution < -0.4 is 9.47 Å². The summed E-state index contributed by atoms with van der Waals surface area (Å²) < 4.78 is 11.0. The third-order valence-electron chi connectivity index (χ3n) is 3.14. The zero-order valence-electron chi connectivity index (χ0n) is 13.5. The lowest BCUT2D eigenvalue weighted by molar-refractivity contribution is -0.139. The van der Waals surface area contributed by atoms with Gasteiger partial charge in [0, 0.05) is 16.8 Å². The number of nitrogens with zero attached hydrogens (tertiary/aromatic N) is 1. The van der Waals surface area contributed by atoms with Gasteiger partial charge < -0.3 is 14.6 Å². The van der Waals surface area contributed by atoms with Gasteiger partial charge in [-0.25, -0.2) is 4.79 Å². The Hall–Kier alpha value is -2.53. The van der Waals surface area contributed by atoms with E-state index in [0.717, 1.165) is 17.7 Å². The second kappa shape index (κ2) is 8.36. The first-order chi connectivity index (χ1) is 11.5. The summed E-state index contributed by atoms with van der Waals surface area (Å²) in [6.07, 6.45) is 6.32. The first-order valence-corrected chi connectivity index (χ1v) is 7.85. The molecule has 1 heterocycles. The average Bonchev–Trinajstić information content (AvgIpc) is 2.54. The number of allylic oxidation sites excluding steroid dienone is 1. The van der Waals surface area contributed by atoms with E-state index in [4.69, 9.17) is 26.2 Å². The number of carboxylic acid groups (broad SMARTS) is 1. The molecule has 0 atom stereocenters. The van der Waals surface area contributed by atoms with Crippen molar-refractivity contribution in [1.29, 1.82) is 0 Å². The molecule has 0 amide bonds.